The second-order valence-electron chi connectivity index (χ2n) is 7.91. The first-order chi connectivity index (χ1) is 15.5. The van der Waals surface area contributed by atoms with Crippen molar-refractivity contribution < 1.29 is 26.7 Å². The summed E-state index contributed by atoms with van der Waals surface area (Å²) in [6.45, 7) is 0.695. The summed E-state index contributed by atoms with van der Waals surface area (Å²) in [5.41, 5.74) is 5.43. The number of nitrogens with zero attached hydrogens (tertiary/aromatic N) is 2. The maximum absolute atomic E-state index is 14.4. The molecule has 1 atom stereocenters. The lowest BCUT2D eigenvalue weighted by molar-refractivity contribution is 0.0994. The van der Waals surface area contributed by atoms with Crippen molar-refractivity contribution in [3.05, 3.63) is 51.1 Å². The highest BCUT2D eigenvalue weighted by molar-refractivity contribution is 14.1. The fourth-order valence-corrected chi connectivity index (χ4v) is 5.27. The van der Waals surface area contributed by atoms with E-state index in [0.29, 0.717) is 23.0 Å². The number of nitrogens with two attached hydrogens (primary N) is 1. The zero-order valence-electron chi connectivity index (χ0n) is 18.1. The Hall–Kier alpha value is -2.03. The third-order valence-electron chi connectivity index (χ3n) is 5.26. The van der Waals surface area contributed by atoms with Gasteiger partial charge in [0.1, 0.15) is 22.9 Å². The Morgan fingerprint density at radius 3 is 2.64 bits per heavy atom. The van der Waals surface area contributed by atoms with E-state index in [2.05, 4.69) is 5.32 Å². The first-order valence-corrected chi connectivity index (χ1v) is 12.6. The Kier molecular flexibility index (Phi) is 8.13. The largest absolute Gasteiger partial charge is 0.492 e. The van der Waals surface area contributed by atoms with Crippen molar-refractivity contribution in [2.45, 2.75) is 12.8 Å². The number of anilines is 2. The van der Waals surface area contributed by atoms with Crippen LogP contribution in [0, 0.1) is 21.1 Å². The van der Waals surface area contributed by atoms with E-state index >= 15 is 0 Å². The summed E-state index contributed by atoms with van der Waals surface area (Å²) >= 11 is 1.96. The highest BCUT2D eigenvalue weighted by Gasteiger charge is 2.31. The minimum Gasteiger partial charge on any atom is -0.492 e. The molecule has 1 aliphatic heterocycles. The van der Waals surface area contributed by atoms with Crippen LogP contribution in [0.4, 0.5) is 20.2 Å². The Morgan fingerprint density at radius 1 is 1.27 bits per heavy atom. The summed E-state index contributed by atoms with van der Waals surface area (Å²) in [4.78, 5) is 12.2. The Bertz CT molecular complexity index is 1150. The van der Waals surface area contributed by atoms with Crippen molar-refractivity contribution in [3.8, 4) is 5.75 Å². The molecule has 1 saturated heterocycles. The van der Waals surface area contributed by atoms with E-state index in [0.717, 1.165) is 16.4 Å². The molecule has 0 aliphatic carbocycles. The van der Waals surface area contributed by atoms with Gasteiger partial charge in [-0.15, -0.1) is 0 Å². The van der Waals surface area contributed by atoms with E-state index in [1.54, 1.807) is 6.07 Å². The van der Waals surface area contributed by atoms with E-state index in [4.69, 9.17) is 10.5 Å². The van der Waals surface area contributed by atoms with Crippen LogP contribution in [0.25, 0.3) is 0 Å². The topological polar surface area (TPSA) is 105 Å². The van der Waals surface area contributed by atoms with Crippen LogP contribution in [0.15, 0.2) is 30.3 Å². The summed E-state index contributed by atoms with van der Waals surface area (Å²) in [7, 11) is -0.632. The number of primary amides is 1. The Labute approximate surface area is 205 Å². The maximum atomic E-state index is 14.4. The van der Waals surface area contributed by atoms with Crippen molar-refractivity contribution in [1.29, 1.82) is 0 Å². The number of piperidine rings is 1. The first kappa shape index (κ1) is 25.6. The van der Waals surface area contributed by atoms with Gasteiger partial charge in [-0.3, -0.25) is 4.79 Å². The average molecular weight is 594 g/mol. The number of hydrogen-bond acceptors (Lipinski definition) is 5. The number of carbonyl (C=O) groups is 1. The standard InChI is InChI=1S/C21H25F2IN4O4S/c1-27(2)33(30,31)28-7-3-4-13(11-28)12-32-19-9-14(22)8-18(20(19)21(25)29)26-17-6-5-15(24)10-16(17)23/h5-6,8-10,13,26H,3-4,7,11-12H2,1-2H3,(H2,25,29). The van der Waals surface area contributed by atoms with Gasteiger partial charge in [-0.1, -0.05) is 0 Å². The predicted octanol–water partition coefficient (Wildman–Crippen LogP) is 3.31. The molecular weight excluding hydrogens is 569 g/mol. The highest BCUT2D eigenvalue weighted by atomic mass is 127. The number of halogens is 3. The summed E-state index contributed by atoms with van der Waals surface area (Å²) < 4.78 is 62.4. The number of ether oxygens (including phenoxy) is 1. The molecule has 0 radical (unpaired) electrons. The number of carbonyl (C=O) groups excluding carboxylic acids is 1. The summed E-state index contributed by atoms with van der Waals surface area (Å²) in [6, 6.07) is 6.49. The predicted molar refractivity (Wildman–Crippen MR) is 130 cm³/mol. The average Bonchev–Trinajstić information content (AvgIpc) is 2.73. The van der Waals surface area contributed by atoms with Gasteiger partial charge in [0.15, 0.2) is 0 Å². The molecular formula is C21H25F2IN4O4S. The lowest BCUT2D eigenvalue weighted by Crippen LogP contribution is -2.46. The van der Waals surface area contributed by atoms with Gasteiger partial charge in [0.25, 0.3) is 16.1 Å². The van der Waals surface area contributed by atoms with Crippen LogP contribution in [0.2, 0.25) is 0 Å². The normalized spacial score (nSPS) is 17.2. The highest BCUT2D eigenvalue weighted by Crippen LogP contribution is 2.32. The number of amides is 1. The SMILES string of the molecule is CN(C)S(=O)(=O)N1CCCC(COc2cc(F)cc(Nc3ccc(I)cc3F)c2C(N)=O)C1. The van der Waals surface area contributed by atoms with Crippen molar-refractivity contribution in [1.82, 2.24) is 8.61 Å². The first-order valence-electron chi connectivity index (χ1n) is 10.1. The van der Waals surface area contributed by atoms with E-state index in [-0.39, 0.29) is 41.8 Å². The van der Waals surface area contributed by atoms with Crippen LogP contribution < -0.4 is 15.8 Å². The van der Waals surface area contributed by atoms with Crippen LogP contribution in [-0.4, -0.2) is 56.7 Å². The molecule has 0 bridgehead atoms. The van der Waals surface area contributed by atoms with Crippen LogP contribution in [0.3, 0.4) is 0 Å². The molecule has 33 heavy (non-hydrogen) atoms. The van der Waals surface area contributed by atoms with Gasteiger partial charge >= 0.3 is 0 Å². The van der Waals surface area contributed by atoms with Crippen LogP contribution in [0.5, 0.6) is 5.75 Å². The summed E-state index contributed by atoms with van der Waals surface area (Å²) in [5, 5.41) is 2.72. The monoisotopic (exact) mass is 594 g/mol. The molecule has 0 aromatic heterocycles. The van der Waals surface area contributed by atoms with E-state index < -0.39 is 27.8 Å². The third kappa shape index (κ3) is 6.11. The Balaban J connectivity index is 1.82. The fraction of sp³-hybridized carbons (Fsp3) is 0.381. The van der Waals surface area contributed by atoms with Gasteiger partial charge < -0.3 is 15.8 Å². The van der Waals surface area contributed by atoms with Gasteiger partial charge in [0.05, 0.1) is 18.0 Å². The van der Waals surface area contributed by atoms with Gasteiger partial charge in [-0.25, -0.2) is 8.78 Å². The number of hydrogen-bond donors (Lipinski definition) is 2. The van der Waals surface area contributed by atoms with Gasteiger partial charge in [-0.2, -0.15) is 17.0 Å². The molecule has 0 spiro atoms. The Morgan fingerprint density at radius 2 is 2.00 bits per heavy atom. The zero-order valence-corrected chi connectivity index (χ0v) is 21.1. The van der Waals surface area contributed by atoms with Crippen LogP contribution >= 0.6 is 22.6 Å². The third-order valence-corrected chi connectivity index (χ3v) is 7.84. The molecule has 1 fully saturated rings. The lowest BCUT2D eigenvalue weighted by Gasteiger charge is -2.33. The molecule has 8 nitrogen and oxygen atoms in total. The van der Waals surface area contributed by atoms with Crippen molar-refractivity contribution in [2.75, 3.05) is 39.1 Å². The van der Waals surface area contributed by atoms with Crippen molar-refractivity contribution in [2.24, 2.45) is 11.7 Å². The minimum absolute atomic E-state index is 0.0296. The molecule has 0 saturated carbocycles. The summed E-state index contributed by atoms with van der Waals surface area (Å²) in [6.07, 6.45) is 1.35. The molecule has 2 aromatic carbocycles. The summed E-state index contributed by atoms with van der Waals surface area (Å²) in [5.74, 6) is -2.41. The van der Waals surface area contributed by atoms with E-state index in [9.17, 15) is 22.0 Å². The van der Waals surface area contributed by atoms with Gasteiger partial charge in [0, 0.05) is 42.7 Å². The number of nitrogens with one attached hydrogen (secondary N) is 1. The molecule has 1 unspecified atom stereocenters. The van der Waals surface area contributed by atoms with Gasteiger partial charge in [-0.05, 0) is 59.7 Å². The van der Waals surface area contributed by atoms with Crippen molar-refractivity contribution in [3.63, 3.8) is 0 Å². The molecule has 1 heterocycles. The smallest absolute Gasteiger partial charge is 0.281 e. The lowest BCUT2D eigenvalue weighted by atomic mass is 10.0. The molecule has 3 N–H and O–H groups in total. The van der Waals surface area contributed by atoms with Crippen LogP contribution in [-0.2, 0) is 10.2 Å². The second-order valence-corrected chi connectivity index (χ2v) is 11.3. The molecule has 3 rings (SSSR count). The number of benzene rings is 2. The quantitative estimate of drug-likeness (QED) is 0.457. The van der Waals surface area contributed by atoms with Crippen LogP contribution in [0.1, 0.15) is 23.2 Å². The molecule has 2 aromatic rings. The van der Waals surface area contributed by atoms with Crippen molar-refractivity contribution >= 4 is 50.1 Å². The fourth-order valence-electron chi connectivity index (χ4n) is 3.60. The van der Waals surface area contributed by atoms with E-state index in [1.807, 2.05) is 22.6 Å². The maximum Gasteiger partial charge on any atom is 0.281 e. The second kappa shape index (κ2) is 10.5. The molecule has 12 heteroatoms. The van der Waals surface area contributed by atoms with Gasteiger partial charge in [0.2, 0.25) is 0 Å². The number of rotatable bonds is 8. The molecule has 1 aliphatic rings. The minimum atomic E-state index is -3.56. The molecule has 180 valence electrons. The van der Waals surface area contributed by atoms with E-state index in [1.165, 1.54) is 30.5 Å². The zero-order chi connectivity index (χ0) is 24.3. The molecule has 1 amide bonds.